The van der Waals surface area contributed by atoms with Crippen LogP contribution in [0.4, 0.5) is 0 Å². The lowest BCUT2D eigenvalue weighted by Gasteiger charge is -2.04. The number of benzene rings is 1. The maximum atomic E-state index is 5.54. The minimum Gasteiger partial charge on any atom is -0.326 e. The lowest BCUT2D eigenvalue weighted by Crippen LogP contribution is -2.12. The summed E-state index contributed by atoms with van der Waals surface area (Å²) >= 11 is 1.67. The largest absolute Gasteiger partial charge is 0.326 e. The summed E-state index contributed by atoms with van der Waals surface area (Å²) in [5.74, 6) is 0. The second-order valence-corrected chi connectivity index (χ2v) is 4.53. The fourth-order valence-electron chi connectivity index (χ4n) is 1.45. The van der Waals surface area contributed by atoms with Crippen molar-refractivity contribution in [1.82, 2.24) is 10.3 Å². The van der Waals surface area contributed by atoms with Gasteiger partial charge in [0.05, 0.1) is 0 Å². The molecule has 1 aromatic heterocycles. The molecule has 2 rings (SSSR count). The van der Waals surface area contributed by atoms with Gasteiger partial charge in [-0.15, -0.1) is 11.3 Å². The Labute approximate surface area is 99.3 Å². The van der Waals surface area contributed by atoms with Crippen LogP contribution in [0, 0.1) is 0 Å². The van der Waals surface area contributed by atoms with E-state index in [1.54, 1.807) is 11.3 Å². The molecule has 0 aliphatic carbocycles. The molecule has 0 fully saturated rings. The molecule has 3 nitrogen and oxygen atoms in total. The molecule has 0 atom stereocenters. The predicted octanol–water partition coefficient (Wildman–Crippen LogP) is 1.89. The number of hydrogen-bond acceptors (Lipinski definition) is 4. The Kier molecular flexibility index (Phi) is 4.04. The summed E-state index contributed by atoms with van der Waals surface area (Å²) in [7, 11) is 0. The number of rotatable bonds is 5. The van der Waals surface area contributed by atoms with Gasteiger partial charge in [0.15, 0.2) is 0 Å². The Morgan fingerprint density at radius 2 is 1.88 bits per heavy atom. The summed E-state index contributed by atoms with van der Waals surface area (Å²) in [5.41, 5.74) is 7.98. The summed E-state index contributed by atoms with van der Waals surface area (Å²) in [6.07, 6.45) is 1.83. The Morgan fingerprint density at radius 1 is 1.12 bits per heavy atom. The maximum absolute atomic E-state index is 5.54. The summed E-state index contributed by atoms with van der Waals surface area (Å²) in [5, 5.41) is 6.48. The van der Waals surface area contributed by atoms with E-state index in [1.807, 2.05) is 11.6 Å². The third-order valence-electron chi connectivity index (χ3n) is 2.35. The van der Waals surface area contributed by atoms with Gasteiger partial charge in [0.2, 0.25) is 0 Å². The fraction of sp³-hybridized carbons (Fsp3) is 0.250. The third-order valence-corrected chi connectivity index (χ3v) is 3.13. The first-order valence-corrected chi connectivity index (χ1v) is 6.13. The van der Waals surface area contributed by atoms with Crippen molar-refractivity contribution < 1.29 is 0 Å². The standard InChI is InChI=1S/C12H15N3S/c13-7-10-1-3-11(4-2-10)8-14-9-12-15-5-6-16-12/h1-6,14H,7-9,13H2. The van der Waals surface area contributed by atoms with Gasteiger partial charge >= 0.3 is 0 Å². The molecular weight excluding hydrogens is 218 g/mol. The normalized spacial score (nSPS) is 10.6. The van der Waals surface area contributed by atoms with Gasteiger partial charge in [0, 0.05) is 31.2 Å². The molecule has 0 saturated heterocycles. The van der Waals surface area contributed by atoms with E-state index < -0.39 is 0 Å². The van der Waals surface area contributed by atoms with Crippen LogP contribution in [0.1, 0.15) is 16.1 Å². The first kappa shape index (κ1) is 11.3. The second kappa shape index (κ2) is 5.75. The number of nitrogens with zero attached hydrogens (tertiary/aromatic N) is 1. The summed E-state index contributed by atoms with van der Waals surface area (Å²) in [6, 6.07) is 8.36. The van der Waals surface area contributed by atoms with E-state index in [1.165, 1.54) is 11.1 Å². The van der Waals surface area contributed by atoms with Crippen LogP contribution < -0.4 is 11.1 Å². The Morgan fingerprint density at radius 3 is 2.50 bits per heavy atom. The lowest BCUT2D eigenvalue weighted by molar-refractivity contribution is 0.689. The van der Waals surface area contributed by atoms with Gasteiger partial charge in [-0.1, -0.05) is 24.3 Å². The van der Waals surface area contributed by atoms with Crippen molar-refractivity contribution in [2.75, 3.05) is 0 Å². The average Bonchev–Trinajstić information content (AvgIpc) is 2.83. The number of thiazole rings is 1. The van der Waals surface area contributed by atoms with Crippen LogP contribution in [-0.2, 0) is 19.6 Å². The first-order chi connectivity index (χ1) is 7.88. The first-order valence-electron chi connectivity index (χ1n) is 5.25. The second-order valence-electron chi connectivity index (χ2n) is 3.55. The van der Waals surface area contributed by atoms with Crippen molar-refractivity contribution in [3.63, 3.8) is 0 Å². The van der Waals surface area contributed by atoms with E-state index >= 15 is 0 Å². The van der Waals surface area contributed by atoms with E-state index in [9.17, 15) is 0 Å². The maximum Gasteiger partial charge on any atom is 0.106 e. The van der Waals surface area contributed by atoms with Gasteiger partial charge in [-0.2, -0.15) is 0 Å². The van der Waals surface area contributed by atoms with Crippen molar-refractivity contribution >= 4 is 11.3 Å². The van der Waals surface area contributed by atoms with Crippen LogP contribution in [0.25, 0.3) is 0 Å². The minimum absolute atomic E-state index is 0.604. The molecule has 0 aliphatic rings. The van der Waals surface area contributed by atoms with Crippen LogP contribution in [0.3, 0.4) is 0 Å². The Hall–Kier alpha value is -1.23. The Balaban J connectivity index is 1.81. The predicted molar refractivity (Wildman–Crippen MR) is 67.0 cm³/mol. The molecule has 2 aromatic rings. The molecule has 0 radical (unpaired) electrons. The van der Waals surface area contributed by atoms with Gasteiger partial charge in [-0.05, 0) is 11.1 Å². The molecule has 1 aromatic carbocycles. The molecule has 16 heavy (non-hydrogen) atoms. The van der Waals surface area contributed by atoms with Gasteiger partial charge in [-0.3, -0.25) is 0 Å². The third kappa shape index (κ3) is 3.13. The molecule has 84 valence electrons. The highest BCUT2D eigenvalue weighted by molar-refractivity contribution is 7.09. The highest BCUT2D eigenvalue weighted by Gasteiger charge is 1.96. The molecule has 0 bridgehead atoms. The van der Waals surface area contributed by atoms with Crippen molar-refractivity contribution in [3.8, 4) is 0 Å². The number of nitrogens with two attached hydrogens (primary N) is 1. The van der Waals surface area contributed by atoms with Crippen molar-refractivity contribution in [2.24, 2.45) is 5.73 Å². The number of nitrogens with one attached hydrogen (secondary N) is 1. The van der Waals surface area contributed by atoms with Crippen molar-refractivity contribution in [3.05, 3.63) is 52.0 Å². The Bertz CT molecular complexity index is 408. The van der Waals surface area contributed by atoms with E-state index in [0.717, 1.165) is 18.1 Å². The van der Waals surface area contributed by atoms with Crippen LogP contribution in [0.2, 0.25) is 0 Å². The number of aromatic nitrogens is 1. The molecule has 4 heteroatoms. The topological polar surface area (TPSA) is 50.9 Å². The molecular formula is C12H15N3S. The molecule has 0 saturated carbocycles. The van der Waals surface area contributed by atoms with E-state index in [4.69, 9.17) is 5.73 Å². The van der Waals surface area contributed by atoms with E-state index in [2.05, 4.69) is 34.6 Å². The van der Waals surface area contributed by atoms with Gasteiger partial charge in [-0.25, -0.2) is 4.98 Å². The van der Waals surface area contributed by atoms with Gasteiger partial charge < -0.3 is 11.1 Å². The smallest absolute Gasteiger partial charge is 0.106 e. The van der Waals surface area contributed by atoms with Crippen LogP contribution in [0.5, 0.6) is 0 Å². The van der Waals surface area contributed by atoms with Gasteiger partial charge in [0.25, 0.3) is 0 Å². The average molecular weight is 233 g/mol. The van der Waals surface area contributed by atoms with Gasteiger partial charge in [0.1, 0.15) is 5.01 Å². The number of hydrogen-bond donors (Lipinski definition) is 2. The molecule has 3 N–H and O–H groups in total. The van der Waals surface area contributed by atoms with E-state index in [-0.39, 0.29) is 0 Å². The van der Waals surface area contributed by atoms with Crippen molar-refractivity contribution in [2.45, 2.75) is 19.6 Å². The molecule has 0 spiro atoms. The highest BCUT2D eigenvalue weighted by atomic mass is 32.1. The van der Waals surface area contributed by atoms with Crippen LogP contribution >= 0.6 is 11.3 Å². The monoisotopic (exact) mass is 233 g/mol. The zero-order chi connectivity index (χ0) is 11.2. The molecule has 0 aliphatic heterocycles. The summed E-state index contributed by atoms with van der Waals surface area (Å²) in [6.45, 7) is 2.30. The van der Waals surface area contributed by atoms with Crippen molar-refractivity contribution in [1.29, 1.82) is 0 Å². The van der Waals surface area contributed by atoms with Crippen LogP contribution in [0.15, 0.2) is 35.8 Å². The van der Waals surface area contributed by atoms with Crippen LogP contribution in [-0.4, -0.2) is 4.98 Å². The fourth-order valence-corrected chi connectivity index (χ4v) is 2.03. The quantitative estimate of drug-likeness (QED) is 0.829. The SMILES string of the molecule is NCc1ccc(CNCc2nccs2)cc1. The summed E-state index contributed by atoms with van der Waals surface area (Å²) in [4.78, 5) is 4.21. The minimum atomic E-state index is 0.604. The van der Waals surface area contributed by atoms with E-state index in [0.29, 0.717) is 6.54 Å². The highest BCUT2D eigenvalue weighted by Crippen LogP contribution is 2.05. The lowest BCUT2D eigenvalue weighted by atomic mass is 10.1. The zero-order valence-corrected chi connectivity index (χ0v) is 9.83. The molecule has 0 unspecified atom stereocenters. The molecule has 0 amide bonds. The zero-order valence-electron chi connectivity index (χ0n) is 9.02. The summed E-state index contributed by atoms with van der Waals surface area (Å²) < 4.78 is 0. The molecule has 1 heterocycles.